The van der Waals surface area contributed by atoms with Gasteiger partial charge >= 0.3 is 0 Å². The lowest BCUT2D eigenvalue weighted by Crippen LogP contribution is -2.43. The molecule has 0 spiro atoms. The van der Waals surface area contributed by atoms with Crippen molar-refractivity contribution in [3.63, 3.8) is 0 Å². The van der Waals surface area contributed by atoms with Crippen LogP contribution in [-0.4, -0.2) is 34.2 Å². The summed E-state index contributed by atoms with van der Waals surface area (Å²) in [7, 11) is 0. The second-order valence-corrected chi connectivity index (χ2v) is 5.89. The number of carbonyl (C=O) groups excluding carboxylic acids is 1. The van der Waals surface area contributed by atoms with E-state index in [1.54, 1.807) is 0 Å². The Morgan fingerprint density at radius 1 is 1.35 bits per heavy atom. The zero-order chi connectivity index (χ0) is 16.4. The number of hydrogen-bond acceptors (Lipinski definition) is 7. The van der Waals surface area contributed by atoms with Gasteiger partial charge in [-0.3, -0.25) is 4.79 Å². The molecule has 0 bridgehead atoms. The molecule has 1 amide bonds. The lowest BCUT2D eigenvalue weighted by molar-refractivity contribution is 0.0965. The molecular weight excluding hydrogens is 294 g/mol. The van der Waals surface area contributed by atoms with Crippen LogP contribution in [0.2, 0.25) is 0 Å². The fraction of sp³-hybridized carbons (Fsp3) is 0.467. The van der Waals surface area contributed by atoms with Crippen molar-refractivity contribution in [2.75, 3.05) is 5.32 Å². The van der Waals surface area contributed by atoms with Crippen molar-refractivity contribution in [2.24, 2.45) is 11.5 Å². The number of nitrogens with zero attached hydrogens (tertiary/aromatic N) is 2. The Hall–Kier alpha value is -2.48. The molecule has 8 heteroatoms. The molecule has 3 rings (SSSR count). The minimum Gasteiger partial charge on any atom is -0.397 e. The maximum absolute atomic E-state index is 12.0. The average molecular weight is 315 g/mol. The quantitative estimate of drug-likeness (QED) is 0.507. The summed E-state index contributed by atoms with van der Waals surface area (Å²) in [5.41, 5.74) is 13.8. The van der Waals surface area contributed by atoms with Crippen LogP contribution in [0.5, 0.6) is 0 Å². The van der Waals surface area contributed by atoms with Gasteiger partial charge in [0, 0.05) is 18.3 Å². The molecule has 23 heavy (non-hydrogen) atoms. The number of fused-ring (bicyclic) bond motifs is 1. The Labute approximate surface area is 134 Å². The first-order valence-electron chi connectivity index (χ1n) is 7.78. The Morgan fingerprint density at radius 3 is 2.87 bits per heavy atom. The predicted octanol–water partition coefficient (Wildman–Crippen LogP) is 0.351. The van der Waals surface area contributed by atoms with Gasteiger partial charge in [-0.15, -0.1) is 0 Å². The van der Waals surface area contributed by atoms with Crippen LogP contribution in [0.3, 0.4) is 0 Å². The number of hydrogen-bond donors (Lipinski definition) is 5. The van der Waals surface area contributed by atoms with E-state index in [1.807, 2.05) is 0 Å². The number of nitrogens with one attached hydrogen (secondary N) is 3. The van der Waals surface area contributed by atoms with Gasteiger partial charge in [-0.2, -0.15) is 0 Å². The first-order chi connectivity index (χ1) is 11.1. The monoisotopic (exact) mass is 315 g/mol. The highest BCUT2D eigenvalue weighted by molar-refractivity contribution is 6.02. The Kier molecular flexibility index (Phi) is 4.24. The number of aromatic nitrogens is 2. The fourth-order valence-electron chi connectivity index (χ4n) is 3.07. The molecule has 2 heterocycles. The highest BCUT2D eigenvalue weighted by Gasteiger charge is 2.29. The maximum atomic E-state index is 12.0. The van der Waals surface area contributed by atoms with E-state index < -0.39 is 0 Å². The largest absolute Gasteiger partial charge is 0.397 e. The second kappa shape index (κ2) is 6.33. The first-order valence-corrected chi connectivity index (χ1v) is 7.78. The van der Waals surface area contributed by atoms with Gasteiger partial charge < -0.3 is 27.5 Å². The summed E-state index contributed by atoms with van der Waals surface area (Å²) in [6, 6.07) is 0.186. The van der Waals surface area contributed by atoms with E-state index in [0.29, 0.717) is 29.4 Å². The van der Waals surface area contributed by atoms with Crippen LogP contribution in [0.1, 0.15) is 47.4 Å². The van der Waals surface area contributed by atoms with E-state index in [-0.39, 0.29) is 23.7 Å². The summed E-state index contributed by atoms with van der Waals surface area (Å²) >= 11 is 0. The summed E-state index contributed by atoms with van der Waals surface area (Å²) < 4.78 is 0. The van der Waals surface area contributed by atoms with Gasteiger partial charge in [0.15, 0.2) is 0 Å². The van der Waals surface area contributed by atoms with Crippen LogP contribution in [0.25, 0.3) is 5.70 Å². The van der Waals surface area contributed by atoms with Crippen molar-refractivity contribution >= 4 is 23.8 Å². The third-order valence-corrected chi connectivity index (χ3v) is 4.30. The molecule has 122 valence electrons. The van der Waals surface area contributed by atoms with Crippen molar-refractivity contribution in [2.45, 2.75) is 44.3 Å². The van der Waals surface area contributed by atoms with E-state index in [0.717, 1.165) is 31.9 Å². The van der Waals surface area contributed by atoms with Gasteiger partial charge in [-0.05, 0) is 18.9 Å². The number of rotatable bonds is 4. The molecule has 0 saturated heterocycles. The van der Waals surface area contributed by atoms with Crippen LogP contribution in [0.4, 0.5) is 5.95 Å². The zero-order valence-corrected chi connectivity index (χ0v) is 12.8. The van der Waals surface area contributed by atoms with Gasteiger partial charge in [0.25, 0.3) is 5.91 Å². The molecule has 1 aromatic rings. The maximum Gasteiger partial charge on any atom is 0.255 e. The molecule has 1 aliphatic heterocycles. The molecule has 1 fully saturated rings. The van der Waals surface area contributed by atoms with Gasteiger partial charge in [-0.1, -0.05) is 12.8 Å². The molecule has 1 aromatic heterocycles. The SMILES string of the molecule is N=C/C=C(\N)c1nc(NC2CCCCC2N)nc2c1C(=O)NC2. The standard InChI is InChI=1S/C15H21N7O/c16-6-5-9(18)13-12-11(7-19-14(12)23)21-15(22-13)20-10-4-2-1-3-8(10)17/h5-6,8,10,16H,1-4,7,17-18H2,(H,19,23)(H,20,21,22)/b9-5-,16-6?. The molecule has 2 unspecified atom stereocenters. The summed E-state index contributed by atoms with van der Waals surface area (Å²) in [5, 5.41) is 13.2. The minimum atomic E-state index is -0.239. The summed E-state index contributed by atoms with van der Waals surface area (Å²) in [6.45, 7) is 0.354. The van der Waals surface area contributed by atoms with Gasteiger partial charge in [0.05, 0.1) is 23.5 Å². The predicted molar refractivity (Wildman–Crippen MR) is 88.0 cm³/mol. The Bertz CT molecular complexity index is 670. The van der Waals surface area contributed by atoms with Gasteiger partial charge in [0.2, 0.25) is 5.95 Å². The lowest BCUT2D eigenvalue weighted by atomic mass is 9.91. The van der Waals surface area contributed by atoms with Crippen molar-refractivity contribution in [1.82, 2.24) is 15.3 Å². The number of amides is 1. The highest BCUT2D eigenvalue weighted by Crippen LogP contribution is 2.24. The molecule has 1 aliphatic carbocycles. The van der Waals surface area contributed by atoms with Crippen LogP contribution < -0.4 is 22.1 Å². The highest BCUT2D eigenvalue weighted by atomic mass is 16.1. The number of nitrogens with two attached hydrogens (primary N) is 2. The molecular formula is C15H21N7O. The van der Waals surface area contributed by atoms with Crippen LogP contribution in [0.15, 0.2) is 6.08 Å². The third kappa shape index (κ3) is 3.02. The van der Waals surface area contributed by atoms with E-state index >= 15 is 0 Å². The van der Waals surface area contributed by atoms with Crippen LogP contribution in [-0.2, 0) is 6.54 Å². The molecule has 8 nitrogen and oxygen atoms in total. The van der Waals surface area contributed by atoms with Crippen LogP contribution >= 0.6 is 0 Å². The molecule has 0 aromatic carbocycles. The fourth-order valence-corrected chi connectivity index (χ4v) is 3.07. The lowest BCUT2D eigenvalue weighted by Gasteiger charge is -2.29. The van der Waals surface area contributed by atoms with Crippen molar-refractivity contribution in [3.05, 3.63) is 23.0 Å². The van der Waals surface area contributed by atoms with Crippen LogP contribution in [0, 0.1) is 5.41 Å². The topological polar surface area (TPSA) is 143 Å². The molecule has 7 N–H and O–H groups in total. The second-order valence-electron chi connectivity index (χ2n) is 5.89. The Morgan fingerprint density at radius 2 is 2.13 bits per heavy atom. The Balaban J connectivity index is 1.96. The summed E-state index contributed by atoms with van der Waals surface area (Å²) in [6.07, 6.45) is 6.69. The number of allylic oxidation sites excluding steroid dienone is 1. The normalized spacial score (nSPS) is 24.0. The van der Waals surface area contributed by atoms with Gasteiger partial charge in [0.1, 0.15) is 5.69 Å². The molecule has 1 saturated carbocycles. The van der Waals surface area contributed by atoms with Crippen molar-refractivity contribution < 1.29 is 4.79 Å². The summed E-state index contributed by atoms with van der Waals surface area (Å²) in [4.78, 5) is 20.8. The molecule has 2 atom stereocenters. The molecule has 2 aliphatic rings. The smallest absolute Gasteiger partial charge is 0.255 e. The molecule has 0 radical (unpaired) electrons. The van der Waals surface area contributed by atoms with E-state index in [1.165, 1.54) is 6.08 Å². The average Bonchev–Trinajstić information content (AvgIpc) is 2.90. The van der Waals surface area contributed by atoms with E-state index in [9.17, 15) is 4.79 Å². The van der Waals surface area contributed by atoms with Crippen molar-refractivity contribution in [3.8, 4) is 0 Å². The zero-order valence-electron chi connectivity index (χ0n) is 12.8. The van der Waals surface area contributed by atoms with E-state index in [2.05, 4.69) is 20.6 Å². The third-order valence-electron chi connectivity index (χ3n) is 4.30. The van der Waals surface area contributed by atoms with Crippen molar-refractivity contribution in [1.29, 1.82) is 5.41 Å². The number of anilines is 1. The van der Waals surface area contributed by atoms with E-state index in [4.69, 9.17) is 16.9 Å². The first kappa shape index (κ1) is 15.4. The minimum absolute atomic E-state index is 0.0678. The summed E-state index contributed by atoms with van der Waals surface area (Å²) in [5.74, 6) is 0.191. The number of carbonyl (C=O) groups is 1. The van der Waals surface area contributed by atoms with Gasteiger partial charge in [-0.25, -0.2) is 9.97 Å².